The molecule has 0 atom stereocenters. The monoisotopic (exact) mass is 410 g/mol. The molecule has 2 aromatic carbocycles. The number of rotatable bonds is 4. The van der Waals surface area contributed by atoms with Gasteiger partial charge < -0.3 is 19.3 Å². The van der Waals surface area contributed by atoms with Gasteiger partial charge in [-0.25, -0.2) is 4.79 Å². The van der Waals surface area contributed by atoms with E-state index in [9.17, 15) is 9.59 Å². The molecule has 0 N–H and O–H groups in total. The van der Waals surface area contributed by atoms with Crippen LogP contribution in [0.5, 0.6) is 5.75 Å². The summed E-state index contributed by atoms with van der Waals surface area (Å²) in [4.78, 5) is 29.4. The molecule has 2 amide bonds. The van der Waals surface area contributed by atoms with Crippen molar-refractivity contribution in [3.8, 4) is 5.75 Å². The van der Waals surface area contributed by atoms with E-state index in [2.05, 4.69) is 0 Å². The second-order valence-electron chi connectivity index (χ2n) is 8.44. The number of ether oxygens (including phenoxy) is 2. The third-order valence-electron chi connectivity index (χ3n) is 5.05. The van der Waals surface area contributed by atoms with Crippen molar-refractivity contribution in [1.82, 2.24) is 4.90 Å². The molecule has 1 saturated heterocycles. The van der Waals surface area contributed by atoms with Gasteiger partial charge in [-0.2, -0.15) is 0 Å². The number of hydrogen-bond acceptors (Lipinski definition) is 4. The van der Waals surface area contributed by atoms with E-state index in [1.54, 1.807) is 12.0 Å². The second-order valence-corrected chi connectivity index (χ2v) is 8.44. The fraction of sp³-hybridized carbons (Fsp3) is 0.417. The van der Waals surface area contributed by atoms with Crippen LogP contribution in [-0.4, -0.2) is 48.7 Å². The van der Waals surface area contributed by atoms with E-state index >= 15 is 0 Å². The Bertz CT molecular complexity index is 868. The van der Waals surface area contributed by atoms with Crippen LogP contribution in [0.3, 0.4) is 0 Å². The number of benzene rings is 2. The number of likely N-dealkylation sites (tertiary alicyclic amines) is 1. The lowest BCUT2D eigenvalue weighted by Gasteiger charge is -2.39. The average Bonchev–Trinajstić information content (AvgIpc) is 2.74. The first-order valence-electron chi connectivity index (χ1n) is 10.3. The minimum atomic E-state index is -0.524. The quantitative estimate of drug-likeness (QED) is 0.730. The Morgan fingerprint density at radius 1 is 1.00 bits per heavy atom. The van der Waals surface area contributed by atoms with Crippen LogP contribution in [0.2, 0.25) is 0 Å². The largest absolute Gasteiger partial charge is 0.497 e. The van der Waals surface area contributed by atoms with E-state index in [1.807, 2.05) is 80.3 Å². The summed E-state index contributed by atoms with van der Waals surface area (Å²) in [5.74, 6) is 0.643. The zero-order valence-corrected chi connectivity index (χ0v) is 18.1. The van der Waals surface area contributed by atoms with Crippen molar-refractivity contribution < 1.29 is 19.1 Å². The third-order valence-corrected chi connectivity index (χ3v) is 5.05. The lowest BCUT2D eigenvalue weighted by Crippen LogP contribution is -2.50. The molecule has 6 nitrogen and oxygen atoms in total. The molecule has 0 aromatic heterocycles. The van der Waals surface area contributed by atoms with Gasteiger partial charge in [0.15, 0.2) is 0 Å². The van der Waals surface area contributed by atoms with Crippen molar-refractivity contribution in [3.63, 3.8) is 0 Å². The Labute approximate surface area is 178 Å². The molecule has 0 bridgehead atoms. The maximum Gasteiger partial charge on any atom is 0.410 e. The highest BCUT2D eigenvalue weighted by Crippen LogP contribution is 2.29. The SMILES string of the molecule is COc1cccc(N(C(=O)c2ccccc2)C2CCN(C(=O)OC(C)(C)C)CC2)c1. The molecule has 1 aliphatic heterocycles. The minimum absolute atomic E-state index is 0.0245. The lowest BCUT2D eigenvalue weighted by molar-refractivity contribution is 0.0205. The van der Waals surface area contributed by atoms with E-state index in [1.165, 1.54) is 0 Å². The topological polar surface area (TPSA) is 59.1 Å². The van der Waals surface area contributed by atoms with Gasteiger partial charge in [-0.1, -0.05) is 24.3 Å². The van der Waals surface area contributed by atoms with Crippen LogP contribution in [0.4, 0.5) is 10.5 Å². The van der Waals surface area contributed by atoms with Crippen LogP contribution >= 0.6 is 0 Å². The fourth-order valence-electron chi connectivity index (χ4n) is 3.61. The summed E-state index contributed by atoms with van der Waals surface area (Å²) >= 11 is 0. The number of anilines is 1. The van der Waals surface area contributed by atoms with Crippen molar-refractivity contribution in [1.29, 1.82) is 0 Å². The van der Waals surface area contributed by atoms with E-state index < -0.39 is 5.60 Å². The van der Waals surface area contributed by atoms with Gasteiger partial charge in [0, 0.05) is 36.4 Å². The molecule has 1 fully saturated rings. The van der Waals surface area contributed by atoms with Gasteiger partial charge >= 0.3 is 6.09 Å². The first-order chi connectivity index (χ1) is 14.3. The predicted molar refractivity (Wildman–Crippen MR) is 117 cm³/mol. The van der Waals surface area contributed by atoms with Gasteiger partial charge in [0.25, 0.3) is 5.91 Å². The number of carbonyl (C=O) groups is 2. The third kappa shape index (κ3) is 5.32. The highest BCUT2D eigenvalue weighted by molar-refractivity contribution is 6.06. The van der Waals surface area contributed by atoms with Crippen LogP contribution in [0, 0.1) is 0 Å². The first kappa shape index (κ1) is 21.7. The molecule has 0 spiro atoms. The average molecular weight is 411 g/mol. The van der Waals surface area contributed by atoms with E-state index in [0.717, 1.165) is 5.69 Å². The molecule has 0 saturated carbocycles. The Hall–Kier alpha value is -3.02. The van der Waals surface area contributed by atoms with E-state index in [4.69, 9.17) is 9.47 Å². The van der Waals surface area contributed by atoms with Crippen LogP contribution in [0.25, 0.3) is 0 Å². The molecule has 1 heterocycles. The summed E-state index contributed by atoms with van der Waals surface area (Å²) in [6.45, 7) is 6.67. The van der Waals surface area contributed by atoms with Crippen LogP contribution in [0.15, 0.2) is 54.6 Å². The van der Waals surface area contributed by atoms with Crippen LogP contribution in [-0.2, 0) is 4.74 Å². The van der Waals surface area contributed by atoms with Crippen molar-refractivity contribution in [3.05, 3.63) is 60.2 Å². The maximum atomic E-state index is 13.4. The molecule has 0 aliphatic carbocycles. The summed E-state index contributed by atoms with van der Waals surface area (Å²) < 4.78 is 10.9. The summed E-state index contributed by atoms with van der Waals surface area (Å²) in [6, 6.07) is 16.8. The second kappa shape index (κ2) is 9.20. The predicted octanol–water partition coefficient (Wildman–Crippen LogP) is 4.74. The standard InChI is InChI=1S/C24H30N2O4/c1-24(2,3)30-23(28)25-15-13-19(14-16-25)26(20-11-8-12-21(17-20)29-4)22(27)18-9-6-5-7-10-18/h5-12,17,19H,13-16H2,1-4H3. The Morgan fingerprint density at radius 2 is 1.67 bits per heavy atom. The zero-order chi connectivity index (χ0) is 21.7. The Balaban J connectivity index is 1.81. The van der Waals surface area contributed by atoms with Crippen molar-refractivity contribution in [2.75, 3.05) is 25.1 Å². The molecule has 6 heteroatoms. The summed E-state index contributed by atoms with van der Waals surface area (Å²) in [6.07, 6.45) is 1.05. The highest BCUT2D eigenvalue weighted by atomic mass is 16.6. The molecule has 160 valence electrons. The molecule has 3 rings (SSSR count). The zero-order valence-electron chi connectivity index (χ0n) is 18.1. The smallest absolute Gasteiger partial charge is 0.410 e. The molecule has 2 aromatic rings. The number of amides is 2. The number of nitrogens with zero attached hydrogens (tertiary/aromatic N) is 2. The van der Waals surface area contributed by atoms with Gasteiger partial charge in [0.2, 0.25) is 0 Å². The number of piperidine rings is 1. The van der Waals surface area contributed by atoms with Gasteiger partial charge in [0.1, 0.15) is 11.4 Å². The Kier molecular flexibility index (Phi) is 6.65. The lowest BCUT2D eigenvalue weighted by atomic mass is 10.0. The van der Waals surface area contributed by atoms with Gasteiger partial charge in [-0.3, -0.25) is 4.79 Å². The summed E-state index contributed by atoms with van der Waals surface area (Å²) in [5.41, 5.74) is 0.901. The molecule has 0 unspecified atom stereocenters. The summed E-state index contributed by atoms with van der Waals surface area (Å²) in [5, 5.41) is 0. The molecular formula is C24H30N2O4. The van der Waals surface area contributed by atoms with E-state index in [0.29, 0.717) is 37.2 Å². The van der Waals surface area contributed by atoms with Crippen molar-refractivity contribution >= 4 is 17.7 Å². The van der Waals surface area contributed by atoms with Crippen molar-refractivity contribution in [2.45, 2.75) is 45.3 Å². The minimum Gasteiger partial charge on any atom is -0.497 e. The van der Waals surface area contributed by atoms with Gasteiger partial charge in [-0.15, -0.1) is 0 Å². The Morgan fingerprint density at radius 3 is 2.27 bits per heavy atom. The first-order valence-corrected chi connectivity index (χ1v) is 10.3. The number of hydrogen-bond donors (Lipinski definition) is 0. The normalized spacial score (nSPS) is 14.9. The van der Waals surface area contributed by atoms with Crippen LogP contribution < -0.4 is 9.64 Å². The van der Waals surface area contributed by atoms with Gasteiger partial charge in [-0.05, 0) is 57.9 Å². The molecular weight excluding hydrogens is 380 g/mol. The molecule has 30 heavy (non-hydrogen) atoms. The molecule has 0 radical (unpaired) electrons. The maximum absolute atomic E-state index is 13.4. The van der Waals surface area contributed by atoms with Gasteiger partial charge in [0.05, 0.1) is 7.11 Å². The molecule has 1 aliphatic rings. The van der Waals surface area contributed by atoms with E-state index in [-0.39, 0.29) is 18.0 Å². The van der Waals surface area contributed by atoms with Crippen LogP contribution in [0.1, 0.15) is 44.0 Å². The number of carbonyl (C=O) groups excluding carboxylic acids is 2. The highest BCUT2D eigenvalue weighted by Gasteiger charge is 2.33. The summed E-state index contributed by atoms with van der Waals surface area (Å²) in [7, 11) is 1.61. The number of methoxy groups -OCH3 is 1. The van der Waals surface area contributed by atoms with Crippen molar-refractivity contribution in [2.24, 2.45) is 0 Å². The fourth-order valence-corrected chi connectivity index (χ4v) is 3.61.